The Balaban J connectivity index is 1.65. The lowest BCUT2D eigenvalue weighted by Gasteiger charge is -2.16. The number of likely N-dealkylation sites (N-methyl/N-ethyl adjacent to an activating group) is 1. The summed E-state index contributed by atoms with van der Waals surface area (Å²) in [6, 6.07) is 20.2. The minimum absolute atomic E-state index is 0.0179. The number of amides is 1. The molecule has 1 heterocycles. The average molecular weight is 339 g/mol. The maximum atomic E-state index is 13.0. The van der Waals surface area contributed by atoms with Gasteiger partial charge in [0.1, 0.15) is 5.82 Å². The van der Waals surface area contributed by atoms with Crippen molar-refractivity contribution in [2.24, 2.45) is 0 Å². The number of nitrogens with zero attached hydrogens (tertiary/aromatic N) is 1. The first-order chi connectivity index (χ1) is 11.6. The van der Waals surface area contributed by atoms with E-state index in [1.165, 1.54) is 29.0 Å². The molecule has 4 heteroatoms. The van der Waals surface area contributed by atoms with Crippen LogP contribution in [0.1, 0.15) is 15.2 Å². The number of hydrogen-bond acceptors (Lipinski definition) is 2. The molecule has 2 aromatic carbocycles. The summed E-state index contributed by atoms with van der Waals surface area (Å²) in [7, 11) is 1.82. The van der Waals surface area contributed by atoms with Crippen LogP contribution in [0.5, 0.6) is 0 Å². The third-order valence-corrected chi connectivity index (χ3v) is 4.99. The lowest BCUT2D eigenvalue weighted by molar-refractivity contribution is 0.0801. The van der Waals surface area contributed by atoms with Gasteiger partial charge in [0.2, 0.25) is 0 Å². The lowest BCUT2D eigenvalue weighted by Crippen LogP contribution is -2.28. The second-order valence-electron chi connectivity index (χ2n) is 5.63. The molecule has 0 saturated carbocycles. The van der Waals surface area contributed by atoms with E-state index in [1.54, 1.807) is 17.0 Å². The van der Waals surface area contributed by atoms with Crippen LogP contribution in [0.2, 0.25) is 0 Å². The number of halogens is 1. The van der Waals surface area contributed by atoms with E-state index in [0.29, 0.717) is 11.4 Å². The number of hydrogen-bond donors (Lipinski definition) is 0. The van der Waals surface area contributed by atoms with Crippen LogP contribution in [0.3, 0.4) is 0 Å². The molecule has 0 aliphatic heterocycles. The van der Waals surface area contributed by atoms with E-state index in [4.69, 9.17) is 0 Å². The highest BCUT2D eigenvalue weighted by Crippen LogP contribution is 2.28. The standard InChI is InChI=1S/C20H18FNOS/c1-22(14-13-15-5-3-2-4-6-15)20(23)19-12-11-18(24-19)16-7-9-17(21)10-8-16/h2-12H,13-14H2,1H3. The number of carbonyl (C=O) groups is 1. The predicted molar refractivity (Wildman–Crippen MR) is 96.8 cm³/mol. The van der Waals surface area contributed by atoms with Crippen molar-refractivity contribution >= 4 is 17.2 Å². The summed E-state index contributed by atoms with van der Waals surface area (Å²) in [5.41, 5.74) is 2.14. The first kappa shape index (κ1) is 16.4. The zero-order chi connectivity index (χ0) is 16.9. The monoisotopic (exact) mass is 339 g/mol. The normalized spacial score (nSPS) is 10.6. The van der Waals surface area contributed by atoms with Crippen molar-refractivity contribution in [3.05, 3.63) is 83.0 Å². The van der Waals surface area contributed by atoms with Crippen LogP contribution in [-0.2, 0) is 6.42 Å². The van der Waals surface area contributed by atoms with Crippen molar-refractivity contribution in [1.29, 1.82) is 0 Å². The Morgan fingerprint density at radius 2 is 1.71 bits per heavy atom. The largest absolute Gasteiger partial charge is 0.341 e. The highest BCUT2D eigenvalue weighted by Gasteiger charge is 2.14. The van der Waals surface area contributed by atoms with E-state index in [0.717, 1.165) is 16.9 Å². The van der Waals surface area contributed by atoms with Gasteiger partial charge in [0.25, 0.3) is 5.91 Å². The summed E-state index contributed by atoms with van der Waals surface area (Å²) in [5.74, 6) is -0.239. The van der Waals surface area contributed by atoms with Gasteiger partial charge in [0.15, 0.2) is 0 Å². The van der Waals surface area contributed by atoms with E-state index in [2.05, 4.69) is 12.1 Å². The van der Waals surface area contributed by atoms with Crippen molar-refractivity contribution in [3.63, 3.8) is 0 Å². The minimum atomic E-state index is -0.257. The van der Waals surface area contributed by atoms with Crippen LogP contribution >= 0.6 is 11.3 Å². The summed E-state index contributed by atoms with van der Waals surface area (Å²) in [6.07, 6.45) is 0.833. The maximum Gasteiger partial charge on any atom is 0.263 e. The summed E-state index contributed by atoms with van der Waals surface area (Å²) in [6.45, 7) is 0.673. The third kappa shape index (κ3) is 3.89. The molecule has 122 valence electrons. The molecular weight excluding hydrogens is 321 g/mol. The molecule has 3 rings (SSSR count). The summed E-state index contributed by atoms with van der Waals surface area (Å²) < 4.78 is 13.0. The van der Waals surface area contributed by atoms with Gasteiger partial charge in [0, 0.05) is 18.5 Å². The molecule has 0 bridgehead atoms. The molecular formula is C20H18FNOS. The van der Waals surface area contributed by atoms with Crippen molar-refractivity contribution in [3.8, 4) is 10.4 Å². The Morgan fingerprint density at radius 3 is 2.42 bits per heavy atom. The summed E-state index contributed by atoms with van der Waals surface area (Å²) >= 11 is 1.44. The van der Waals surface area contributed by atoms with E-state index in [9.17, 15) is 9.18 Å². The van der Waals surface area contributed by atoms with Crippen LogP contribution in [0.25, 0.3) is 10.4 Å². The van der Waals surface area contributed by atoms with Crippen LogP contribution in [0, 0.1) is 5.82 Å². The second kappa shape index (κ2) is 7.41. The van der Waals surface area contributed by atoms with E-state index < -0.39 is 0 Å². The van der Waals surface area contributed by atoms with Crippen molar-refractivity contribution < 1.29 is 9.18 Å². The molecule has 0 unspecified atom stereocenters. The molecule has 0 saturated heterocycles. The molecule has 0 N–H and O–H groups in total. The highest BCUT2D eigenvalue weighted by molar-refractivity contribution is 7.17. The molecule has 1 amide bonds. The summed E-state index contributed by atoms with van der Waals surface area (Å²) in [5, 5.41) is 0. The van der Waals surface area contributed by atoms with Gasteiger partial charge in [-0.05, 0) is 41.8 Å². The topological polar surface area (TPSA) is 20.3 Å². The molecule has 0 aliphatic rings. The molecule has 0 spiro atoms. The van der Waals surface area contributed by atoms with Crippen molar-refractivity contribution in [2.45, 2.75) is 6.42 Å². The second-order valence-corrected chi connectivity index (χ2v) is 6.72. The number of carbonyl (C=O) groups excluding carboxylic acids is 1. The number of thiophene rings is 1. The van der Waals surface area contributed by atoms with Gasteiger partial charge < -0.3 is 4.90 Å². The Labute approximate surface area is 145 Å². The molecule has 0 aliphatic carbocycles. The van der Waals surface area contributed by atoms with Gasteiger partial charge >= 0.3 is 0 Å². The van der Waals surface area contributed by atoms with Crippen molar-refractivity contribution in [2.75, 3.05) is 13.6 Å². The predicted octanol–water partition coefficient (Wildman–Crippen LogP) is 4.87. The number of benzene rings is 2. The van der Waals surface area contributed by atoms with Gasteiger partial charge in [0.05, 0.1) is 4.88 Å². The van der Waals surface area contributed by atoms with Gasteiger partial charge in [-0.2, -0.15) is 0 Å². The summed E-state index contributed by atoms with van der Waals surface area (Å²) in [4.78, 5) is 16.0. The lowest BCUT2D eigenvalue weighted by atomic mass is 10.1. The van der Waals surface area contributed by atoms with Crippen molar-refractivity contribution in [1.82, 2.24) is 4.90 Å². The number of rotatable bonds is 5. The fraction of sp³-hybridized carbons (Fsp3) is 0.150. The van der Waals surface area contributed by atoms with Gasteiger partial charge in [-0.3, -0.25) is 4.79 Å². The van der Waals surface area contributed by atoms with Gasteiger partial charge in [-0.15, -0.1) is 11.3 Å². The molecule has 2 nitrogen and oxygen atoms in total. The molecule has 24 heavy (non-hydrogen) atoms. The molecule has 0 fully saturated rings. The first-order valence-electron chi connectivity index (χ1n) is 7.78. The smallest absolute Gasteiger partial charge is 0.263 e. The van der Waals surface area contributed by atoms with Crippen LogP contribution in [0.4, 0.5) is 4.39 Å². The van der Waals surface area contributed by atoms with E-state index in [1.807, 2.05) is 37.4 Å². The van der Waals surface area contributed by atoms with Gasteiger partial charge in [-0.25, -0.2) is 4.39 Å². The fourth-order valence-electron chi connectivity index (χ4n) is 2.45. The third-order valence-electron chi connectivity index (χ3n) is 3.87. The molecule has 0 radical (unpaired) electrons. The molecule has 1 aromatic heterocycles. The van der Waals surface area contributed by atoms with Crippen LogP contribution < -0.4 is 0 Å². The maximum absolute atomic E-state index is 13.0. The van der Waals surface area contributed by atoms with Gasteiger partial charge in [-0.1, -0.05) is 42.5 Å². The highest BCUT2D eigenvalue weighted by atomic mass is 32.1. The molecule has 0 atom stereocenters. The minimum Gasteiger partial charge on any atom is -0.341 e. The van der Waals surface area contributed by atoms with E-state index >= 15 is 0 Å². The Hall–Kier alpha value is -2.46. The Bertz CT molecular complexity index is 811. The first-order valence-corrected chi connectivity index (χ1v) is 8.60. The zero-order valence-electron chi connectivity index (χ0n) is 13.4. The van der Waals surface area contributed by atoms with Crippen LogP contribution in [0.15, 0.2) is 66.7 Å². The Morgan fingerprint density at radius 1 is 1.00 bits per heavy atom. The van der Waals surface area contributed by atoms with Crippen LogP contribution in [-0.4, -0.2) is 24.4 Å². The zero-order valence-corrected chi connectivity index (χ0v) is 14.2. The quantitative estimate of drug-likeness (QED) is 0.649. The Kier molecular flexibility index (Phi) is 5.06. The average Bonchev–Trinajstić information content (AvgIpc) is 3.10. The van der Waals surface area contributed by atoms with E-state index in [-0.39, 0.29) is 11.7 Å². The fourth-order valence-corrected chi connectivity index (χ4v) is 3.46. The SMILES string of the molecule is CN(CCc1ccccc1)C(=O)c1ccc(-c2ccc(F)cc2)s1. The molecule has 3 aromatic rings.